The number of ether oxygens (including phenoxy) is 1. The molecule has 2 fully saturated rings. The zero-order valence-electron chi connectivity index (χ0n) is 16.0. The molecule has 8 nitrogen and oxygen atoms in total. The van der Waals surface area contributed by atoms with Gasteiger partial charge in [0.1, 0.15) is 0 Å². The molecular formula is C19H29N5O3. The molecule has 3 aliphatic rings. The van der Waals surface area contributed by atoms with Gasteiger partial charge in [0.15, 0.2) is 0 Å². The molecule has 3 aliphatic heterocycles. The maximum Gasteiger partial charge on any atom is 0.225 e. The Bertz CT molecular complexity index is 689. The summed E-state index contributed by atoms with van der Waals surface area (Å²) in [6.45, 7) is 6.18. The lowest BCUT2D eigenvalue weighted by atomic mass is 9.78. The number of piperidine rings is 1. The first kappa shape index (κ1) is 18.4. The van der Waals surface area contributed by atoms with Gasteiger partial charge >= 0.3 is 0 Å². The molecule has 0 aliphatic carbocycles. The number of imidazole rings is 1. The molecule has 1 spiro atoms. The molecule has 0 bridgehead atoms. The number of carbonyl (C=O) groups is 2. The zero-order chi connectivity index (χ0) is 18.9. The van der Waals surface area contributed by atoms with Gasteiger partial charge in [-0.25, -0.2) is 4.98 Å². The fourth-order valence-corrected chi connectivity index (χ4v) is 4.74. The van der Waals surface area contributed by atoms with Gasteiger partial charge < -0.3 is 24.8 Å². The minimum absolute atomic E-state index is 0.0343. The second-order valence-electron chi connectivity index (χ2n) is 7.69. The van der Waals surface area contributed by atoms with Crippen molar-refractivity contribution < 1.29 is 14.3 Å². The van der Waals surface area contributed by atoms with E-state index in [2.05, 4.69) is 15.3 Å². The lowest BCUT2D eigenvalue weighted by Gasteiger charge is -2.50. The summed E-state index contributed by atoms with van der Waals surface area (Å²) in [4.78, 5) is 37.1. The minimum Gasteiger partial charge on any atom is -0.375 e. The first-order chi connectivity index (χ1) is 13.1. The number of nitrogens with zero attached hydrogens (tertiary/aromatic N) is 3. The Morgan fingerprint density at radius 1 is 1.30 bits per heavy atom. The molecule has 1 aromatic rings. The van der Waals surface area contributed by atoms with Gasteiger partial charge in [-0.15, -0.1) is 0 Å². The normalized spacial score (nSPS) is 24.7. The van der Waals surface area contributed by atoms with Crippen LogP contribution in [0.1, 0.15) is 44.0 Å². The van der Waals surface area contributed by atoms with Crippen LogP contribution in [0.2, 0.25) is 0 Å². The number of hydrogen-bond donors (Lipinski definition) is 2. The molecule has 2 N–H and O–H groups in total. The van der Waals surface area contributed by atoms with Gasteiger partial charge in [0.2, 0.25) is 11.8 Å². The summed E-state index contributed by atoms with van der Waals surface area (Å²) < 4.78 is 5.67. The van der Waals surface area contributed by atoms with Crippen molar-refractivity contribution in [2.75, 3.05) is 39.3 Å². The fraction of sp³-hybridized carbons (Fsp3) is 0.737. The molecule has 4 rings (SSSR count). The van der Waals surface area contributed by atoms with E-state index in [0.29, 0.717) is 32.5 Å². The molecule has 27 heavy (non-hydrogen) atoms. The van der Waals surface area contributed by atoms with E-state index in [1.807, 2.05) is 16.7 Å². The standard InChI is InChI=1S/C19H29N5O3/c1-2-16(25)24-7-3-15-18(22-13-21-15)19(24)4-8-23(9-5-19)17(26)11-14-12-20-6-10-27-14/h13-14,20H,2-12H2,1H3,(H,21,22). The Labute approximate surface area is 159 Å². The Kier molecular flexibility index (Phi) is 5.19. The van der Waals surface area contributed by atoms with Crippen molar-refractivity contribution in [2.45, 2.75) is 50.7 Å². The Morgan fingerprint density at radius 3 is 2.81 bits per heavy atom. The van der Waals surface area contributed by atoms with Crippen molar-refractivity contribution in [3.8, 4) is 0 Å². The number of hydrogen-bond acceptors (Lipinski definition) is 5. The van der Waals surface area contributed by atoms with Crippen molar-refractivity contribution in [1.29, 1.82) is 0 Å². The van der Waals surface area contributed by atoms with E-state index in [9.17, 15) is 9.59 Å². The van der Waals surface area contributed by atoms with Crippen LogP contribution in [0.5, 0.6) is 0 Å². The second-order valence-corrected chi connectivity index (χ2v) is 7.69. The number of likely N-dealkylation sites (tertiary alicyclic amines) is 1. The van der Waals surface area contributed by atoms with Crippen LogP contribution in [0, 0.1) is 0 Å². The highest BCUT2D eigenvalue weighted by atomic mass is 16.5. The topological polar surface area (TPSA) is 90.6 Å². The number of fused-ring (bicyclic) bond motifs is 2. The van der Waals surface area contributed by atoms with Gasteiger partial charge in [-0.05, 0) is 12.8 Å². The van der Waals surface area contributed by atoms with Crippen molar-refractivity contribution in [1.82, 2.24) is 25.1 Å². The number of amides is 2. The summed E-state index contributed by atoms with van der Waals surface area (Å²) in [5.41, 5.74) is 1.76. The van der Waals surface area contributed by atoms with E-state index in [-0.39, 0.29) is 23.5 Å². The summed E-state index contributed by atoms with van der Waals surface area (Å²) in [6, 6.07) is 0. The molecule has 8 heteroatoms. The van der Waals surface area contributed by atoms with Crippen LogP contribution < -0.4 is 5.32 Å². The Hall–Kier alpha value is -1.93. The number of rotatable bonds is 3. The van der Waals surface area contributed by atoms with E-state index >= 15 is 0 Å². The average molecular weight is 375 g/mol. The molecule has 4 heterocycles. The summed E-state index contributed by atoms with van der Waals surface area (Å²) in [5, 5.41) is 3.27. The summed E-state index contributed by atoms with van der Waals surface area (Å²) in [5.74, 6) is 0.315. The molecule has 2 amide bonds. The Balaban J connectivity index is 1.47. The van der Waals surface area contributed by atoms with Crippen LogP contribution in [0.15, 0.2) is 6.33 Å². The predicted molar refractivity (Wildman–Crippen MR) is 99.0 cm³/mol. The van der Waals surface area contributed by atoms with Crippen LogP contribution in [-0.2, 0) is 26.3 Å². The smallest absolute Gasteiger partial charge is 0.225 e. The predicted octanol–water partition coefficient (Wildman–Crippen LogP) is 0.401. The minimum atomic E-state index is -0.375. The molecule has 0 saturated carbocycles. The van der Waals surface area contributed by atoms with E-state index in [1.54, 1.807) is 6.33 Å². The monoisotopic (exact) mass is 375 g/mol. The fourth-order valence-electron chi connectivity index (χ4n) is 4.74. The van der Waals surface area contributed by atoms with Crippen LogP contribution in [0.4, 0.5) is 0 Å². The number of H-pyrrole nitrogens is 1. The third-order valence-corrected chi connectivity index (χ3v) is 6.21. The SMILES string of the molecule is CCC(=O)N1CCc2[nH]cnc2C12CCN(C(=O)CC1CNCCO1)CC2. The molecule has 0 aromatic carbocycles. The maximum absolute atomic E-state index is 12.7. The van der Waals surface area contributed by atoms with Gasteiger partial charge in [0.05, 0.1) is 36.7 Å². The van der Waals surface area contributed by atoms with E-state index < -0.39 is 0 Å². The molecule has 0 radical (unpaired) electrons. The van der Waals surface area contributed by atoms with Crippen LogP contribution in [-0.4, -0.2) is 77.0 Å². The number of aromatic nitrogens is 2. The van der Waals surface area contributed by atoms with Crippen molar-refractivity contribution in [2.24, 2.45) is 0 Å². The summed E-state index contributed by atoms with van der Waals surface area (Å²) >= 11 is 0. The van der Waals surface area contributed by atoms with Gasteiger partial charge in [0.25, 0.3) is 0 Å². The van der Waals surface area contributed by atoms with Crippen LogP contribution >= 0.6 is 0 Å². The third kappa shape index (κ3) is 3.36. The lowest BCUT2D eigenvalue weighted by Crippen LogP contribution is -2.59. The lowest BCUT2D eigenvalue weighted by molar-refractivity contribution is -0.145. The molecule has 148 valence electrons. The summed E-state index contributed by atoms with van der Waals surface area (Å²) in [7, 11) is 0. The third-order valence-electron chi connectivity index (χ3n) is 6.21. The zero-order valence-corrected chi connectivity index (χ0v) is 16.0. The highest BCUT2D eigenvalue weighted by Gasteiger charge is 2.48. The molecular weight excluding hydrogens is 346 g/mol. The number of carbonyl (C=O) groups excluding carboxylic acids is 2. The van der Waals surface area contributed by atoms with E-state index in [1.165, 1.54) is 0 Å². The van der Waals surface area contributed by atoms with Crippen LogP contribution in [0.25, 0.3) is 0 Å². The quantitative estimate of drug-likeness (QED) is 0.798. The number of aromatic amines is 1. The molecule has 1 unspecified atom stereocenters. The van der Waals surface area contributed by atoms with Crippen molar-refractivity contribution in [3.05, 3.63) is 17.7 Å². The van der Waals surface area contributed by atoms with Gasteiger partial charge in [-0.2, -0.15) is 0 Å². The summed E-state index contributed by atoms with van der Waals surface area (Å²) in [6.07, 6.45) is 4.92. The van der Waals surface area contributed by atoms with Crippen molar-refractivity contribution in [3.63, 3.8) is 0 Å². The van der Waals surface area contributed by atoms with Gasteiger partial charge in [0, 0.05) is 51.3 Å². The highest BCUT2D eigenvalue weighted by Crippen LogP contribution is 2.42. The van der Waals surface area contributed by atoms with E-state index in [0.717, 1.165) is 50.3 Å². The molecule has 2 saturated heterocycles. The van der Waals surface area contributed by atoms with Crippen molar-refractivity contribution >= 4 is 11.8 Å². The van der Waals surface area contributed by atoms with E-state index in [4.69, 9.17) is 4.74 Å². The second kappa shape index (κ2) is 7.59. The van der Waals surface area contributed by atoms with Gasteiger partial charge in [-0.3, -0.25) is 9.59 Å². The largest absolute Gasteiger partial charge is 0.375 e. The number of morpholine rings is 1. The highest BCUT2D eigenvalue weighted by molar-refractivity contribution is 5.78. The molecule has 1 atom stereocenters. The van der Waals surface area contributed by atoms with Crippen LogP contribution in [0.3, 0.4) is 0 Å². The Morgan fingerprint density at radius 2 is 2.11 bits per heavy atom. The first-order valence-electron chi connectivity index (χ1n) is 10.1. The molecule has 1 aromatic heterocycles. The maximum atomic E-state index is 12.7. The first-order valence-corrected chi connectivity index (χ1v) is 10.1. The van der Waals surface area contributed by atoms with Gasteiger partial charge in [-0.1, -0.05) is 6.92 Å². The average Bonchev–Trinajstić information content (AvgIpc) is 3.19. The number of nitrogens with one attached hydrogen (secondary N) is 2.